The van der Waals surface area contributed by atoms with E-state index < -0.39 is 35.9 Å². The summed E-state index contributed by atoms with van der Waals surface area (Å²) in [7, 11) is 1.28. The molecule has 1 aliphatic rings. The van der Waals surface area contributed by atoms with Gasteiger partial charge in [0.1, 0.15) is 6.04 Å². The van der Waals surface area contributed by atoms with E-state index in [9.17, 15) is 14.4 Å². The van der Waals surface area contributed by atoms with Crippen LogP contribution in [-0.2, 0) is 29.3 Å². The maximum absolute atomic E-state index is 12.4. The standard InChI is InChI=1S/C19H25NO5/c1-13(2)11-15(17(22)24-3)20-16(21)12-25-18(23)19(9-10-19)14-7-5-4-6-8-14/h4-8,13,15H,9-12H2,1-3H3,(H,20,21)/t15-/m1/s1. The molecule has 136 valence electrons. The Morgan fingerprint density at radius 1 is 1.16 bits per heavy atom. The van der Waals surface area contributed by atoms with Crippen molar-refractivity contribution in [3.63, 3.8) is 0 Å². The number of nitrogens with one attached hydrogen (secondary N) is 1. The first-order valence-corrected chi connectivity index (χ1v) is 8.49. The zero-order valence-electron chi connectivity index (χ0n) is 14.9. The first-order valence-electron chi connectivity index (χ1n) is 8.49. The fraction of sp³-hybridized carbons (Fsp3) is 0.526. The Hall–Kier alpha value is -2.37. The molecule has 1 aliphatic carbocycles. The van der Waals surface area contributed by atoms with Crippen LogP contribution in [0.25, 0.3) is 0 Å². The molecule has 1 amide bonds. The monoisotopic (exact) mass is 347 g/mol. The highest BCUT2D eigenvalue weighted by Gasteiger charge is 2.52. The second kappa shape index (κ2) is 8.14. The molecule has 6 heteroatoms. The molecule has 0 saturated heterocycles. The molecule has 0 heterocycles. The number of hydrogen-bond acceptors (Lipinski definition) is 5. The van der Waals surface area contributed by atoms with E-state index in [0.717, 1.165) is 18.4 Å². The van der Waals surface area contributed by atoms with Gasteiger partial charge in [0, 0.05) is 0 Å². The SMILES string of the molecule is COC(=O)[C@@H](CC(C)C)NC(=O)COC(=O)C1(c2ccccc2)CC1. The number of carbonyl (C=O) groups is 3. The Morgan fingerprint density at radius 3 is 2.32 bits per heavy atom. The number of carbonyl (C=O) groups excluding carboxylic acids is 3. The van der Waals surface area contributed by atoms with Gasteiger partial charge in [0.15, 0.2) is 6.61 Å². The molecule has 1 aromatic carbocycles. The van der Waals surface area contributed by atoms with Crippen molar-refractivity contribution in [2.45, 2.75) is 44.6 Å². The van der Waals surface area contributed by atoms with Crippen LogP contribution in [0.15, 0.2) is 30.3 Å². The number of amides is 1. The van der Waals surface area contributed by atoms with Crippen LogP contribution in [0.4, 0.5) is 0 Å². The maximum atomic E-state index is 12.4. The van der Waals surface area contributed by atoms with Gasteiger partial charge < -0.3 is 14.8 Å². The Labute approximate surface area is 147 Å². The molecule has 1 N–H and O–H groups in total. The molecular weight excluding hydrogens is 322 g/mol. The van der Waals surface area contributed by atoms with Crippen LogP contribution in [0.2, 0.25) is 0 Å². The lowest BCUT2D eigenvalue weighted by Crippen LogP contribution is -2.44. The van der Waals surface area contributed by atoms with Gasteiger partial charge in [0.2, 0.25) is 0 Å². The quantitative estimate of drug-likeness (QED) is 0.727. The van der Waals surface area contributed by atoms with Crippen molar-refractivity contribution in [2.24, 2.45) is 5.92 Å². The van der Waals surface area contributed by atoms with Gasteiger partial charge in [-0.25, -0.2) is 4.79 Å². The van der Waals surface area contributed by atoms with Crippen molar-refractivity contribution in [2.75, 3.05) is 13.7 Å². The van der Waals surface area contributed by atoms with Crippen LogP contribution in [0, 0.1) is 5.92 Å². The first kappa shape index (κ1) is 19.0. The number of ether oxygens (including phenoxy) is 2. The minimum atomic E-state index is -0.736. The number of hydrogen-bond donors (Lipinski definition) is 1. The average Bonchev–Trinajstić information content (AvgIpc) is 3.40. The van der Waals surface area contributed by atoms with Crippen molar-refractivity contribution in [1.82, 2.24) is 5.32 Å². The lowest BCUT2D eigenvalue weighted by Gasteiger charge is -2.19. The fourth-order valence-corrected chi connectivity index (χ4v) is 2.83. The van der Waals surface area contributed by atoms with Crippen molar-refractivity contribution in [3.05, 3.63) is 35.9 Å². The Morgan fingerprint density at radius 2 is 1.80 bits per heavy atom. The molecule has 0 spiro atoms. The molecule has 1 fully saturated rings. The molecule has 25 heavy (non-hydrogen) atoms. The third-order valence-corrected chi connectivity index (χ3v) is 4.33. The summed E-state index contributed by atoms with van der Waals surface area (Å²) < 4.78 is 9.90. The van der Waals surface area contributed by atoms with Crippen LogP contribution >= 0.6 is 0 Å². The predicted molar refractivity (Wildman–Crippen MR) is 91.7 cm³/mol. The summed E-state index contributed by atoms with van der Waals surface area (Å²) in [5.74, 6) is -1.20. The topological polar surface area (TPSA) is 81.7 Å². The van der Waals surface area contributed by atoms with Gasteiger partial charge in [-0.15, -0.1) is 0 Å². The molecule has 0 radical (unpaired) electrons. The summed E-state index contributed by atoms with van der Waals surface area (Å²) >= 11 is 0. The Balaban J connectivity index is 1.89. The van der Waals surface area contributed by atoms with E-state index in [4.69, 9.17) is 9.47 Å². The summed E-state index contributed by atoms with van der Waals surface area (Å²) in [5, 5.41) is 2.58. The highest BCUT2D eigenvalue weighted by atomic mass is 16.5. The van der Waals surface area contributed by atoms with Gasteiger partial charge in [0.05, 0.1) is 12.5 Å². The molecule has 2 rings (SSSR count). The normalized spacial score (nSPS) is 16.0. The van der Waals surface area contributed by atoms with E-state index in [1.807, 2.05) is 44.2 Å². The smallest absolute Gasteiger partial charge is 0.328 e. The molecule has 0 aliphatic heterocycles. The minimum absolute atomic E-state index is 0.208. The van der Waals surface area contributed by atoms with Crippen molar-refractivity contribution < 1.29 is 23.9 Å². The van der Waals surface area contributed by atoms with E-state index in [1.54, 1.807) is 0 Å². The number of esters is 2. The zero-order chi connectivity index (χ0) is 18.4. The third kappa shape index (κ3) is 4.81. The number of benzene rings is 1. The molecule has 1 saturated carbocycles. The van der Waals surface area contributed by atoms with Crippen LogP contribution in [0.5, 0.6) is 0 Å². The van der Waals surface area contributed by atoms with Crippen LogP contribution in [0.1, 0.15) is 38.7 Å². The fourth-order valence-electron chi connectivity index (χ4n) is 2.83. The molecule has 1 aromatic rings. The van der Waals surface area contributed by atoms with Gasteiger partial charge in [0.25, 0.3) is 5.91 Å². The lowest BCUT2D eigenvalue weighted by atomic mass is 9.96. The molecule has 0 aromatic heterocycles. The average molecular weight is 347 g/mol. The van der Waals surface area contributed by atoms with E-state index in [0.29, 0.717) is 6.42 Å². The lowest BCUT2D eigenvalue weighted by molar-refractivity contribution is -0.152. The van der Waals surface area contributed by atoms with Crippen LogP contribution < -0.4 is 5.32 Å². The van der Waals surface area contributed by atoms with Gasteiger partial charge in [-0.05, 0) is 30.7 Å². The number of rotatable bonds is 8. The van der Waals surface area contributed by atoms with E-state index in [1.165, 1.54) is 7.11 Å². The van der Waals surface area contributed by atoms with Crippen molar-refractivity contribution in [3.8, 4) is 0 Å². The Kier molecular flexibility index (Phi) is 6.17. The van der Waals surface area contributed by atoms with E-state index in [-0.39, 0.29) is 5.92 Å². The van der Waals surface area contributed by atoms with Gasteiger partial charge in [-0.2, -0.15) is 0 Å². The molecule has 1 atom stereocenters. The van der Waals surface area contributed by atoms with Gasteiger partial charge in [-0.3, -0.25) is 9.59 Å². The van der Waals surface area contributed by atoms with Crippen LogP contribution in [-0.4, -0.2) is 37.6 Å². The second-order valence-corrected chi connectivity index (χ2v) is 6.80. The van der Waals surface area contributed by atoms with Crippen molar-refractivity contribution >= 4 is 17.8 Å². The highest BCUT2D eigenvalue weighted by molar-refractivity contribution is 5.90. The zero-order valence-corrected chi connectivity index (χ0v) is 14.9. The first-order chi connectivity index (χ1) is 11.9. The molecule has 0 bridgehead atoms. The summed E-state index contributed by atoms with van der Waals surface area (Å²) in [6.45, 7) is 3.48. The van der Waals surface area contributed by atoms with E-state index >= 15 is 0 Å². The summed E-state index contributed by atoms with van der Waals surface area (Å²) in [5.41, 5.74) is 0.286. The maximum Gasteiger partial charge on any atom is 0.328 e. The summed E-state index contributed by atoms with van der Waals surface area (Å²) in [6, 6.07) is 8.69. The third-order valence-electron chi connectivity index (χ3n) is 4.33. The largest absolute Gasteiger partial charge is 0.467 e. The number of methoxy groups -OCH3 is 1. The van der Waals surface area contributed by atoms with Gasteiger partial charge >= 0.3 is 11.9 Å². The molecule has 6 nitrogen and oxygen atoms in total. The van der Waals surface area contributed by atoms with Gasteiger partial charge in [-0.1, -0.05) is 44.2 Å². The second-order valence-electron chi connectivity index (χ2n) is 6.80. The molecular formula is C19H25NO5. The predicted octanol–water partition coefficient (Wildman–Crippen LogP) is 1.97. The summed E-state index contributed by atoms with van der Waals surface area (Å²) in [4.78, 5) is 36.2. The minimum Gasteiger partial charge on any atom is -0.467 e. The van der Waals surface area contributed by atoms with Crippen molar-refractivity contribution in [1.29, 1.82) is 0 Å². The Bertz CT molecular complexity index is 622. The molecule has 0 unspecified atom stereocenters. The highest BCUT2D eigenvalue weighted by Crippen LogP contribution is 2.49. The van der Waals surface area contributed by atoms with Crippen LogP contribution in [0.3, 0.4) is 0 Å². The summed E-state index contributed by atoms with van der Waals surface area (Å²) in [6.07, 6.45) is 1.89. The van der Waals surface area contributed by atoms with E-state index in [2.05, 4.69) is 5.32 Å².